The number of hydrogen-bond donors (Lipinski definition) is 1. The van der Waals surface area contributed by atoms with Crippen LogP contribution in [0.15, 0.2) is 51.8 Å². The van der Waals surface area contributed by atoms with Crippen molar-refractivity contribution in [1.29, 1.82) is 0 Å². The van der Waals surface area contributed by atoms with Crippen molar-refractivity contribution in [3.63, 3.8) is 0 Å². The van der Waals surface area contributed by atoms with Crippen LogP contribution in [0.25, 0.3) is 0 Å². The van der Waals surface area contributed by atoms with Crippen molar-refractivity contribution < 1.29 is 5.11 Å². The van der Waals surface area contributed by atoms with E-state index in [0.717, 1.165) is 25.5 Å². The van der Waals surface area contributed by atoms with E-state index in [1.165, 1.54) is 0 Å². The van der Waals surface area contributed by atoms with Crippen LogP contribution in [0.4, 0.5) is 0 Å². The molecule has 1 atom stereocenters. The van der Waals surface area contributed by atoms with Crippen molar-refractivity contribution in [3.05, 3.63) is 63.1 Å². The summed E-state index contributed by atoms with van der Waals surface area (Å²) in [5, 5.41) is 10.9. The van der Waals surface area contributed by atoms with Gasteiger partial charge in [-0.05, 0) is 42.3 Å². The van der Waals surface area contributed by atoms with E-state index in [9.17, 15) is 5.11 Å². The number of rotatable bonds is 5. The summed E-state index contributed by atoms with van der Waals surface area (Å²) in [5.74, 6) is 0.653. The fourth-order valence-corrected chi connectivity index (χ4v) is 3.63. The molecule has 2 aromatic rings. The Hall–Kier alpha value is -0.480. The first-order valence-corrected chi connectivity index (χ1v) is 8.51. The lowest BCUT2D eigenvalue weighted by molar-refractivity contribution is 0.200. The molecule has 0 heterocycles. The first-order chi connectivity index (χ1) is 9.54. The van der Waals surface area contributed by atoms with E-state index in [1.807, 2.05) is 43.3 Å². The third-order valence-corrected chi connectivity index (χ3v) is 4.89. The molecule has 1 nitrogen and oxygen atoms in total. The Balaban J connectivity index is 1.90. The monoisotopic (exact) mass is 370 g/mol. The van der Waals surface area contributed by atoms with E-state index in [2.05, 4.69) is 22.0 Å². The van der Waals surface area contributed by atoms with Crippen molar-refractivity contribution >= 4 is 39.3 Å². The Morgan fingerprint density at radius 1 is 1.25 bits per heavy atom. The highest BCUT2D eigenvalue weighted by atomic mass is 79.9. The molecule has 20 heavy (non-hydrogen) atoms. The van der Waals surface area contributed by atoms with Crippen LogP contribution in [0.3, 0.4) is 0 Å². The maximum Gasteiger partial charge on any atom is 0.0674 e. The lowest BCUT2D eigenvalue weighted by atomic mass is 10.1. The van der Waals surface area contributed by atoms with Crippen LogP contribution in [0.2, 0.25) is 5.02 Å². The number of aliphatic hydroxyl groups excluding tert-OH is 1. The van der Waals surface area contributed by atoms with Crippen molar-refractivity contribution in [2.24, 2.45) is 0 Å². The van der Waals surface area contributed by atoms with Gasteiger partial charge in [-0.25, -0.2) is 0 Å². The highest BCUT2D eigenvalue weighted by Gasteiger charge is 2.09. The van der Waals surface area contributed by atoms with Crippen molar-refractivity contribution in [2.75, 3.05) is 5.75 Å². The Kier molecular flexibility index (Phi) is 5.97. The van der Waals surface area contributed by atoms with Gasteiger partial charge < -0.3 is 5.11 Å². The molecular formula is C16H16BrClOS. The summed E-state index contributed by atoms with van der Waals surface area (Å²) < 4.78 is 1.05. The molecule has 0 aromatic heterocycles. The van der Waals surface area contributed by atoms with Crippen molar-refractivity contribution in [2.45, 2.75) is 24.3 Å². The Morgan fingerprint density at radius 2 is 2.05 bits per heavy atom. The van der Waals surface area contributed by atoms with E-state index >= 15 is 0 Å². The maximum absolute atomic E-state index is 10.1. The second-order valence-electron chi connectivity index (χ2n) is 4.72. The van der Waals surface area contributed by atoms with Gasteiger partial charge in [-0.3, -0.25) is 0 Å². The van der Waals surface area contributed by atoms with E-state index in [4.69, 9.17) is 11.6 Å². The van der Waals surface area contributed by atoms with Crippen LogP contribution in [0, 0.1) is 6.92 Å². The van der Waals surface area contributed by atoms with Crippen LogP contribution in [-0.2, 0) is 6.42 Å². The molecule has 0 bridgehead atoms. The van der Waals surface area contributed by atoms with Crippen LogP contribution in [0.1, 0.15) is 11.1 Å². The minimum atomic E-state index is -0.404. The molecule has 106 valence electrons. The lowest BCUT2D eigenvalue weighted by Crippen LogP contribution is -2.13. The molecule has 0 aliphatic carbocycles. The average Bonchev–Trinajstić information content (AvgIpc) is 2.40. The van der Waals surface area contributed by atoms with Gasteiger partial charge in [0.25, 0.3) is 0 Å². The van der Waals surface area contributed by atoms with Gasteiger partial charge in [-0.15, -0.1) is 11.8 Å². The molecule has 2 rings (SSSR count). The molecule has 0 aliphatic heterocycles. The zero-order chi connectivity index (χ0) is 14.5. The van der Waals surface area contributed by atoms with Gasteiger partial charge in [-0.2, -0.15) is 0 Å². The summed E-state index contributed by atoms with van der Waals surface area (Å²) in [7, 11) is 0. The summed E-state index contributed by atoms with van der Waals surface area (Å²) in [4.78, 5) is 1.15. The molecular weight excluding hydrogens is 356 g/mol. The lowest BCUT2D eigenvalue weighted by Gasteiger charge is -2.12. The molecule has 2 aromatic carbocycles. The number of thioether (sulfide) groups is 1. The predicted octanol–water partition coefficient (Wildman–Crippen LogP) is 5.11. The third kappa shape index (κ3) is 4.81. The first-order valence-electron chi connectivity index (χ1n) is 6.36. The van der Waals surface area contributed by atoms with Gasteiger partial charge in [0, 0.05) is 26.6 Å². The highest BCUT2D eigenvalue weighted by Crippen LogP contribution is 2.24. The molecule has 0 spiro atoms. The summed E-state index contributed by atoms with van der Waals surface area (Å²) in [6, 6.07) is 14.0. The SMILES string of the molecule is Cc1ccc(CC(O)CSc2cccc(Br)c2)c(Cl)c1. The number of hydrogen-bond acceptors (Lipinski definition) is 2. The third-order valence-electron chi connectivity index (χ3n) is 2.90. The van der Waals surface area contributed by atoms with Crippen LogP contribution >= 0.6 is 39.3 Å². The smallest absolute Gasteiger partial charge is 0.0674 e. The fourth-order valence-electron chi connectivity index (χ4n) is 1.88. The number of halogens is 2. The summed E-state index contributed by atoms with van der Waals surface area (Å²) in [6.45, 7) is 2.01. The van der Waals surface area contributed by atoms with Crippen molar-refractivity contribution in [1.82, 2.24) is 0 Å². The van der Waals surface area contributed by atoms with E-state index in [1.54, 1.807) is 11.8 Å². The quantitative estimate of drug-likeness (QED) is 0.737. The molecule has 0 radical (unpaired) electrons. The van der Waals surface area contributed by atoms with Gasteiger partial charge in [0.1, 0.15) is 0 Å². The topological polar surface area (TPSA) is 20.2 Å². The Bertz CT molecular complexity index is 588. The largest absolute Gasteiger partial charge is 0.392 e. The number of benzene rings is 2. The van der Waals surface area contributed by atoms with Gasteiger partial charge in [-0.1, -0.05) is 45.7 Å². The molecule has 0 fully saturated rings. The molecule has 0 saturated carbocycles. The number of aryl methyl sites for hydroxylation is 1. The van der Waals surface area contributed by atoms with Gasteiger partial charge in [0.15, 0.2) is 0 Å². The second-order valence-corrected chi connectivity index (χ2v) is 7.14. The van der Waals surface area contributed by atoms with E-state index in [0.29, 0.717) is 12.2 Å². The zero-order valence-corrected chi connectivity index (χ0v) is 14.3. The van der Waals surface area contributed by atoms with Gasteiger partial charge in [0.2, 0.25) is 0 Å². The average molecular weight is 372 g/mol. The summed E-state index contributed by atoms with van der Waals surface area (Å²) >= 11 is 11.3. The molecule has 4 heteroatoms. The van der Waals surface area contributed by atoms with Gasteiger partial charge >= 0.3 is 0 Å². The molecule has 1 N–H and O–H groups in total. The summed E-state index contributed by atoms with van der Waals surface area (Å²) in [6.07, 6.45) is 0.180. The maximum atomic E-state index is 10.1. The highest BCUT2D eigenvalue weighted by molar-refractivity contribution is 9.10. The van der Waals surface area contributed by atoms with Crippen LogP contribution in [-0.4, -0.2) is 17.0 Å². The van der Waals surface area contributed by atoms with Gasteiger partial charge in [0.05, 0.1) is 6.10 Å². The first kappa shape index (κ1) is 15.9. The van der Waals surface area contributed by atoms with Crippen LogP contribution in [0.5, 0.6) is 0 Å². The van der Waals surface area contributed by atoms with Crippen molar-refractivity contribution in [3.8, 4) is 0 Å². The minimum Gasteiger partial charge on any atom is -0.392 e. The predicted molar refractivity (Wildman–Crippen MR) is 90.8 cm³/mol. The second kappa shape index (κ2) is 7.51. The summed E-state index contributed by atoms with van der Waals surface area (Å²) in [5.41, 5.74) is 2.14. The molecule has 0 aliphatic rings. The minimum absolute atomic E-state index is 0.404. The Morgan fingerprint density at radius 3 is 2.75 bits per heavy atom. The van der Waals surface area contributed by atoms with E-state index in [-0.39, 0.29) is 0 Å². The normalized spacial score (nSPS) is 12.4. The standard InChI is InChI=1S/C16H16BrClOS/c1-11-5-6-12(16(18)7-11)8-14(19)10-20-15-4-2-3-13(17)9-15/h2-7,9,14,19H,8,10H2,1H3. The van der Waals surface area contributed by atoms with Crippen LogP contribution < -0.4 is 0 Å². The molecule has 0 saturated heterocycles. The zero-order valence-electron chi connectivity index (χ0n) is 11.1. The molecule has 0 amide bonds. The molecule has 1 unspecified atom stereocenters. The fraction of sp³-hybridized carbons (Fsp3) is 0.250. The Labute approximate surface area is 137 Å². The number of aliphatic hydroxyl groups is 1. The van der Waals surface area contributed by atoms with E-state index < -0.39 is 6.10 Å².